The Labute approximate surface area is 124 Å². The third-order valence-corrected chi connectivity index (χ3v) is 3.20. The van der Waals surface area contributed by atoms with Crippen LogP contribution in [-0.2, 0) is 6.42 Å². The summed E-state index contributed by atoms with van der Waals surface area (Å²) in [5, 5.41) is 10.0. The van der Waals surface area contributed by atoms with E-state index >= 15 is 0 Å². The standard InChI is InChI=1S/C16H19N3O2/c1-19(2)16(21)13-8-12(9-18-10-13)14-7-11(5-6-17)3-4-15(14)20/h3-4,7-10,20H,5-6,17H2,1-2H3. The van der Waals surface area contributed by atoms with Crippen molar-refractivity contribution in [1.29, 1.82) is 0 Å². The van der Waals surface area contributed by atoms with Gasteiger partial charge in [0.1, 0.15) is 5.75 Å². The van der Waals surface area contributed by atoms with Crippen molar-refractivity contribution in [3.8, 4) is 16.9 Å². The summed E-state index contributed by atoms with van der Waals surface area (Å²) in [5.74, 6) is 0.0361. The van der Waals surface area contributed by atoms with E-state index in [2.05, 4.69) is 4.98 Å². The average molecular weight is 285 g/mol. The quantitative estimate of drug-likeness (QED) is 0.895. The molecule has 0 aliphatic rings. The van der Waals surface area contributed by atoms with E-state index in [1.54, 1.807) is 32.4 Å². The Morgan fingerprint density at radius 2 is 2.05 bits per heavy atom. The summed E-state index contributed by atoms with van der Waals surface area (Å²) in [6, 6.07) is 7.09. The van der Waals surface area contributed by atoms with Gasteiger partial charge in [-0.15, -0.1) is 0 Å². The van der Waals surface area contributed by atoms with E-state index in [1.807, 2.05) is 12.1 Å². The first-order chi connectivity index (χ1) is 10.0. The summed E-state index contributed by atoms with van der Waals surface area (Å²) in [6.45, 7) is 0.543. The van der Waals surface area contributed by atoms with Gasteiger partial charge in [0.05, 0.1) is 5.56 Å². The fourth-order valence-corrected chi connectivity index (χ4v) is 2.10. The van der Waals surface area contributed by atoms with E-state index in [0.717, 1.165) is 12.0 Å². The third kappa shape index (κ3) is 3.38. The second-order valence-corrected chi connectivity index (χ2v) is 5.05. The van der Waals surface area contributed by atoms with Crippen LogP contribution in [0.5, 0.6) is 5.75 Å². The van der Waals surface area contributed by atoms with Crippen LogP contribution in [0.4, 0.5) is 0 Å². The van der Waals surface area contributed by atoms with Gasteiger partial charge in [0.15, 0.2) is 0 Å². The summed E-state index contributed by atoms with van der Waals surface area (Å²) in [5.41, 5.74) is 8.45. The molecule has 0 aliphatic heterocycles. The molecule has 0 spiro atoms. The first kappa shape index (κ1) is 15.0. The number of phenols is 1. The summed E-state index contributed by atoms with van der Waals surface area (Å²) in [4.78, 5) is 17.6. The molecule has 1 aromatic heterocycles. The molecule has 0 bridgehead atoms. The maximum atomic E-state index is 12.0. The number of phenolic OH excluding ortho intramolecular Hbond substituents is 1. The maximum absolute atomic E-state index is 12.0. The number of nitrogens with zero attached hydrogens (tertiary/aromatic N) is 2. The number of hydrogen-bond donors (Lipinski definition) is 2. The minimum absolute atomic E-state index is 0.123. The number of hydrogen-bond acceptors (Lipinski definition) is 4. The van der Waals surface area contributed by atoms with Crippen LogP contribution in [0.3, 0.4) is 0 Å². The Bertz CT molecular complexity index is 654. The van der Waals surface area contributed by atoms with Crippen molar-refractivity contribution in [2.75, 3.05) is 20.6 Å². The number of carbonyl (C=O) groups excluding carboxylic acids is 1. The van der Waals surface area contributed by atoms with E-state index < -0.39 is 0 Å². The van der Waals surface area contributed by atoms with Crippen molar-refractivity contribution in [2.45, 2.75) is 6.42 Å². The Kier molecular flexibility index (Phi) is 4.55. The zero-order valence-electron chi connectivity index (χ0n) is 12.2. The van der Waals surface area contributed by atoms with Gasteiger partial charge >= 0.3 is 0 Å². The number of nitrogens with two attached hydrogens (primary N) is 1. The third-order valence-electron chi connectivity index (χ3n) is 3.20. The van der Waals surface area contributed by atoms with Gasteiger partial charge in [-0.1, -0.05) is 6.07 Å². The molecule has 0 fully saturated rings. The van der Waals surface area contributed by atoms with Gasteiger partial charge in [-0.3, -0.25) is 9.78 Å². The highest BCUT2D eigenvalue weighted by atomic mass is 16.3. The number of amides is 1. The van der Waals surface area contributed by atoms with Crippen molar-refractivity contribution in [3.05, 3.63) is 47.8 Å². The summed E-state index contributed by atoms with van der Waals surface area (Å²) in [7, 11) is 3.38. The predicted octanol–water partition coefficient (Wildman–Crippen LogP) is 1.66. The van der Waals surface area contributed by atoms with Gasteiger partial charge in [-0.2, -0.15) is 0 Å². The van der Waals surface area contributed by atoms with Crippen molar-refractivity contribution < 1.29 is 9.90 Å². The van der Waals surface area contributed by atoms with Gasteiger partial charge in [0.2, 0.25) is 0 Å². The molecule has 110 valence electrons. The number of rotatable bonds is 4. The maximum Gasteiger partial charge on any atom is 0.254 e. The minimum atomic E-state index is -0.123. The molecule has 1 heterocycles. The van der Waals surface area contributed by atoms with Gasteiger partial charge in [-0.25, -0.2) is 0 Å². The van der Waals surface area contributed by atoms with Crippen molar-refractivity contribution >= 4 is 5.91 Å². The minimum Gasteiger partial charge on any atom is -0.507 e. The fraction of sp³-hybridized carbons (Fsp3) is 0.250. The molecule has 3 N–H and O–H groups in total. The highest BCUT2D eigenvalue weighted by Gasteiger charge is 2.12. The van der Waals surface area contributed by atoms with E-state index in [4.69, 9.17) is 5.73 Å². The van der Waals surface area contributed by atoms with Crippen LogP contribution in [0.25, 0.3) is 11.1 Å². The highest BCUT2D eigenvalue weighted by Crippen LogP contribution is 2.30. The van der Waals surface area contributed by atoms with Crippen LogP contribution in [0.2, 0.25) is 0 Å². The Morgan fingerprint density at radius 1 is 1.29 bits per heavy atom. The average Bonchev–Trinajstić information content (AvgIpc) is 2.48. The van der Waals surface area contributed by atoms with Crippen molar-refractivity contribution in [3.63, 3.8) is 0 Å². The molecule has 0 aliphatic carbocycles. The lowest BCUT2D eigenvalue weighted by atomic mass is 10.0. The second kappa shape index (κ2) is 6.37. The Morgan fingerprint density at radius 3 is 2.71 bits per heavy atom. The van der Waals surface area contributed by atoms with E-state index in [-0.39, 0.29) is 11.7 Å². The molecule has 0 saturated carbocycles. The van der Waals surface area contributed by atoms with E-state index in [9.17, 15) is 9.90 Å². The number of aromatic hydroxyl groups is 1. The van der Waals surface area contributed by atoms with Crippen LogP contribution in [0.15, 0.2) is 36.7 Å². The largest absolute Gasteiger partial charge is 0.507 e. The number of carbonyl (C=O) groups is 1. The fourth-order valence-electron chi connectivity index (χ4n) is 2.10. The highest BCUT2D eigenvalue weighted by molar-refractivity contribution is 5.94. The van der Waals surface area contributed by atoms with Gasteiger partial charge < -0.3 is 15.7 Å². The summed E-state index contributed by atoms with van der Waals surface area (Å²) < 4.78 is 0. The van der Waals surface area contributed by atoms with Gasteiger partial charge in [0.25, 0.3) is 5.91 Å². The number of aromatic nitrogens is 1. The lowest BCUT2D eigenvalue weighted by Crippen LogP contribution is -2.21. The molecule has 5 heteroatoms. The van der Waals surface area contributed by atoms with Crippen molar-refractivity contribution in [2.24, 2.45) is 5.73 Å². The Hall–Kier alpha value is -2.40. The van der Waals surface area contributed by atoms with Crippen LogP contribution in [0, 0.1) is 0 Å². The summed E-state index contributed by atoms with van der Waals surface area (Å²) in [6.07, 6.45) is 3.89. The van der Waals surface area contributed by atoms with Gasteiger partial charge in [0, 0.05) is 37.6 Å². The predicted molar refractivity (Wildman–Crippen MR) is 82.1 cm³/mol. The molecule has 21 heavy (non-hydrogen) atoms. The molecule has 0 atom stereocenters. The first-order valence-electron chi connectivity index (χ1n) is 6.72. The molecule has 0 unspecified atom stereocenters. The summed E-state index contributed by atoms with van der Waals surface area (Å²) >= 11 is 0. The molecular weight excluding hydrogens is 266 g/mol. The molecule has 2 aromatic rings. The SMILES string of the molecule is CN(C)C(=O)c1cncc(-c2cc(CCN)ccc2O)c1. The zero-order valence-corrected chi connectivity index (χ0v) is 12.2. The zero-order chi connectivity index (χ0) is 15.4. The van der Waals surface area contributed by atoms with Crippen LogP contribution in [-0.4, -0.2) is 41.5 Å². The van der Waals surface area contributed by atoms with Crippen molar-refractivity contribution in [1.82, 2.24) is 9.88 Å². The molecule has 2 rings (SSSR count). The smallest absolute Gasteiger partial charge is 0.254 e. The lowest BCUT2D eigenvalue weighted by Gasteiger charge is -2.12. The molecular formula is C16H19N3O2. The van der Waals surface area contributed by atoms with Gasteiger partial charge in [-0.05, 0) is 36.7 Å². The van der Waals surface area contributed by atoms with Crippen LogP contribution in [0.1, 0.15) is 15.9 Å². The number of pyridine rings is 1. The van der Waals surface area contributed by atoms with Crippen LogP contribution < -0.4 is 5.73 Å². The molecule has 0 saturated heterocycles. The molecule has 5 nitrogen and oxygen atoms in total. The monoisotopic (exact) mass is 285 g/mol. The Balaban J connectivity index is 2.44. The molecule has 1 amide bonds. The first-order valence-corrected chi connectivity index (χ1v) is 6.72. The second-order valence-electron chi connectivity index (χ2n) is 5.05. The normalized spacial score (nSPS) is 10.4. The van der Waals surface area contributed by atoms with Crippen LogP contribution >= 0.6 is 0 Å². The molecule has 1 aromatic carbocycles. The van der Waals surface area contributed by atoms with E-state index in [1.165, 1.54) is 11.1 Å². The number of benzene rings is 1. The topological polar surface area (TPSA) is 79.5 Å². The lowest BCUT2D eigenvalue weighted by molar-refractivity contribution is 0.0827. The van der Waals surface area contributed by atoms with E-state index in [0.29, 0.717) is 23.2 Å². The molecule has 0 radical (unpaired) electrons.